The van der Waals surface area contributed by atoms with Crippen molar-refractivity contribution in [1.82, 2.24) is 10.8 Å². The second kappa shape index (κ2) is 9.02. The molecule has 2 unspecified atom stereocenters. The van der Waals surface area contributed by atoms with Gasteiger partial charge in [-0.3, -0.25) is 9.63 Å². The highest BCUT2D eigenvalue weighted by molar-refractivity contribution is 6.35. The van der Waals surface area contributed by atoms with Crippen LogP contribution in [-0.4, -0.2) is 12.1 Å². The van der Waals surface area contributed by atoms with Crippen LogP contribution < -0.4 is 10.8 Å². The Balaban J connectivity index is 1.57. The number of hydroxylamine groups is 1. The highest BCUT2D eigenvalue weighted by Crippen LogP contribution is 2.52. The van der Waals surface area contributed by atoms with Crippen molar-refractivity contribution in [3.05, 3.63) is 68.7 Å². The monoisotopic (exact) mass is 508 g/mol. The number of hydrogen-bond acceptors (Lipinski definition) is 3. The number of halogens is 7. The molecular formula is C22H19Cl2F5N2O2. The minimum atomic E-state index is -4.90. The van der Waals surface area contributed by atoms with Crippen LogP contribution in [0.3, 0.4) is 0 Å². The summed E-state index contributed by atoms with van der Waals surface area (Å²) in [6, 6.07) is 4.51. The van der Waals surface area contributed by atoms with E-state index in [1.807, 2.05) is 0 Å². The van der Waals surface area contributed by atoms with Gasteiger partial charge in [-0.05, 0) is 54.2 Å². The number of nitrogens with one attached hydrogen (secondary N) is 2. The molecule has 2 aromatic rings. The van der Waals surface area contributed by atoms with Gasteiger partial charge in [-0.1, -0.05) is 29.3 Å². The third kappa shape index (κ3) is 4.96. The van der Waals surface area contributed by atoms with Crippen LogP contribution >= 0.6 is 23.2 Å². The molecule has 2 atom stereocenters. The van der Waals surface area contributed by atoms with Crippen molar-refractivity contribution >= 4 is 29.1 Å². The Morgan fingerprint density at radius 3 is 2.42 bits per heavy atom. The van der Waals surface area contributed by atoms with E-state index in [2.05, 4.69) is 10.8 Å². The first-order valence-corrected chi connectivity index (χ1v) is 11.0. The molecule has 4 nitrogen and oxygen atoms in total. The van der Waals surface area contributed by atoms with Gasteiger partial charge in [-0.2, -0.15) is 18.7 Å². The van der Waals surface area contributed by atoms with Gasteiger partial charge in [-0.25, -0.2) is 8.78 Å². The highest BCUT2D eigenvalue weighted by atomic mass is 35.5. The molecule has 1 aliphatic heterocycles. The van der Waals surface area contributed by atoms with Gasteiger partial charge in [0.05, 0.1) is 16.1 Å². The van der Waals surface area contributed by atoms with Crippen LogP contribution in [0.1, 0.15) is 48.4 Å². The van der Waals surface area contributed by atoms with E-state index in [1.165, 1.54) is 12.1 Å². The minimum absolute atomic E-state index is 0.0909. The molecule has 0 radical (unpaired) electrons. The number of amides is 1. The van der Waals surface area contributed by atoms with Crippen LogP contribution in [0.25, 0.3) is 0 Å². The van der Waals surface area contributed by atoms with E-state index in [-0.39, 0.29) is 18.0 Å². The third-order valence-electron chi connectivity index (χ3n) is 5.89. The summed E-state index contributed by atoms with van der Waals surface area (Å²) < 4.78 is 70.5. The van der Waals surface area contributed by atoms with E-state index in [0.717, 1.165) is 31.0 Å². The molecule has 1 amide bonds. The predicted molar refractivity (Wildman–Crippen MR) is 111 cm³/mol. The molecule has 0 aromatic heterocycles. The lowest BCUT2D eigenvalue weighted by Crippen LogP contribution is -2.42. The number of carbonyl (C=O) groups is 1. The summed E-state index contributed by atoms with van der Waals surface area (Å²) in [5, 5.41) is 1.50. The van der Waals surface area contributed by atoms with E-state index in [4.69, 9.17) is 28.0 Å². The quantitative estimate of drug-likeness (QED) is 0.365. The van der Waals surface area contributed by atoms with Gasteiger partial charge in [0.2, 0.25) is 11.5 Å². The maximum Gasteiger partial charge on any atom is 0.423 e. The van der Waals surface area contributed by atoms with E-state index >= 15 is 0 Å². The molecule has 2 N–H and O–H groups in total. The van der Waals surface area contributed by atoms with Crippen molar-refractivity contribution in [3.8, 4) is 0 Å². The normalized spacial score (nSPS) is 23.1. The van der Waals surface area contributed by atoms with E-state index in [1.54, 1.807) is 0 Å². The zero-order chi connectivity index (χ0) is 24.0. The van der Waals surface area contributed by atoms with Crippen LogP contribution in [-0.2, 0) is 21.8 Å². The lowest BCUT2D eigenvalue weighted by molar-refractivity contribution is -0.282. The Morgan fingerprint density at radius 2 is 1.82 bits per heavy atom. The summed E-state index contributed by atoms with van der Waals surface area (Å²) in [7, 11) is 0. The Kier molecular flexibility index (Phi) is 6.61. The van der Waals surface area contributed by atoms with Crippen LogP contribution in [0.15, 0.2) is 30.3 Å². The molecular weight excluding hydrogens is 490 g/mol. The summed E-state index contributed by atoms with van der Waals surface area (Å²) in [5.74, 6) is -1.46. The standard InChI is InChI=1S/C22H19Cl2F5N2O2/c23-15-7-14(8-16(24)20(15)26)21(22(27,28)29)9-18(31-33-21)12-3-4-17(25)13(6-12)10-30-19(32)5-11-1-2-11/h3-4,6-8,11,18,31H,1-2,5,9-10H2,(H,30,32). The summed E-state index contributed by atoms with van der Waals surface area (Å²) in [6.45, 7) is -0.0909. The average molecular weight is 509 g/mol. The van der Waals surface area contributed by atoms with Gasteiger partial charge in [0, 0.05) is 24.9 Å². The van der Waals surface area contributed by atoms with Crippen molar-refractivity contribution in [2.24, 2.45) is 5.92 Å². The molecule has 1 heterocycles. The fourth-order valence-electron chi connectivity index (χ4n) is 3.83. The van der Waals surface area contributed by atoms with Crippen LogP contribution in [0, 0.1) is 17.6 Å². The topological polar surface area (TPSA) is 50.4 Å². The molecule has 2 aromatic carbocycles. The molecule has 33 heavy (non-hydrogen) atoms. The second-order valence-electron chi connectivity index (χ2n) is 8.33. The van der Waals surface area contributed by atoms with E-state index in [0.29, 0.717) is 17.9 Å². The van der Waals surface area contributed by atoms with Crippen LogP contribution in [0.5, 0.6) is 0 Å². The Labute approximate surface area is 196 Å². The lowest BCUT2D eigenvalue weighted by atomic mass is 9.85. The van der Waals surface area contributed by atoms with E-state index < -0.39 is 51.5 Å². The number of hydrogen-bond donors (Lipinski definition) is 2. The van der Waals surface area contributed by atoms with Crippen molar-refractivity contribution in [3.63, 3.8) is 0 Å². The maximum absolute atomic E-state index is 14.3. The van der Waals surface area contributed by atoms with Gasteiger partial charge in [0.1, 0.15) is 5.82 Å². The zero-order valence-corrected chi connectivity index (χ0v) is 18.6. The SMILES string of the molecule is O=C(CC1CC1)NCc1cc(C2CC(c3cc(Cl)c(F)c(Cl)c3)(C(F)(F)F)ON2)ccc1F. The van der Waals surface area contributed by atoms with E-state index in [9.17, 15) is 26.7 Å². The summed E-state index contributed by atoms with van der Waals surface area (Å²) in [4.78, 5) is 17.0. The molecule has 0 spiro atoms. The fraction of sp³-hybridized carbons (Fsp3) is 0.409. The van der Waals surface area contributed by atoms with Gasteiger partial charge >= 0.3 is 6.18 Å². The first-order valence-electron chi connectivity index (χ1n) is 10.2. The summed E-state index contributed by atoms with van der Waals surface area (Å²) in [5.41, 5.74) is -0.497. The smallest absolute Gasteiger partial charge is 0.352 e. The Morgan fingerprint density at radius 1 is 1.15 bits per heavy atom. The van der Waals surface area contributed by atoms with Crippen molar-refractivity contribution in [1.29, 1.82) is 0 Å². The van der Waals surface area contributed by atoms with Crippen molar-refractivity contribution in [2.45, 2.75) is 50.0 Å². The fourth-order valence-corrected chi connectivity index (χ4v) is 4.32. The Bertz CT molecular complexity index is 1050. The largest absolute Gasteiger partial charge is 0.423 e. The first-order chi connectivity index (χ1) is 15.5. The van der Waals surface area contributed by atoms with Crippen LogP contribution in [0.2, 0.25) is 10.0 Å². The van der Waals surface area contributed by atoms with Gasteiger partial charge in [0.25, 0.3) is 0 Å². The predicted octanol–water partition coefficient (Wildman–Crippen LogP) is 6.11. The number of carbonyl (C=O) groups excluding carboxylic acids is 1. The molecule has 2 fully saturated rings. The highest BCUT2D eigenvalue weighted by Gasteiger charge is 2.62. The second-order valence-corrected chi connectivity index (χ2v) is 9.14. The molecule has 1 saturated carbocycles. The lowest BCUT2D eigenvalue weighted by Gasteiger charge is -2.30. The summed E-state index contributed by atoms with van der Waals surface area (Å²) in [6.07, 6.45) is -3.17. The zero-order valence-electron chi connectivity index (χ0n) is 17.0. The molecule has 178 valence electrons. The maximum atomic E-state index is 14.3. The third-order valence-corrected chi connectivity index (χ3v) is 6.44. The molecule has 1 saturated heterocycles. The average Bonchev–Trinajstić information content (AvgIpc) is 3.43. The van der Waals surface area contributed by atoms with Gasteiger partial charge in [-0.15, -0.1) is 0 Å². The Hall–Kier alpha value is -1.94. The number of rotatable bonds is 6. The van der Waals surface area contributed by atoms with Gasteiger partial charge < -0.3 is 5.32 Å². The molecule has 11 heteroatoms. The van der Waals surface area contributed by atoms with Crippen LogP contribution in [0.4, 0.5) is 22.0 Å². The molecule has 1 aliphatic carbocycles. The van der Waals surface area contributed by atoms with Crippen molar-refractivity contribution in [2.75, 3.05) is 0 Å². The summed E-state index contributed by atoms with van der Waals surface area (Å²) >= 11 is 11.4. The minimum Gasteiger partial charge on any atom is -0.352 e. The molecule has 2 aliphatic rings. The van der Waals surface area contributed by atoms with Crippen molar-refractivity contribution < 1.29 is 31.6 Å². The molecule has 4 rings (SSSR count). The number of benzene rings is 2. The van der Waals surface area contributed by atoms with Gasteiger partial charge in [0.15, 0.2) is 5.82 Å². The molecule has 0 bridgehead atoms. The first kappa shape index (κ1) is 24.2. The number of alkyl halides is 3.